The van der Waals surface area contributed by atoms with Crippen LogP contribution in [-0.2, 0) is 52.4 Å². The summed E-state index contributed by atoms with van der Waals surface area (Å²) in [5.74, 6) is 2.30. The van der Waals surface area contributed by atoms with Crippen LogP contribution in [0, 0.1) is 0 Å². The molecule has 12 unspecified atom stereocenters. The molecule has 20 atom stereocenters. The van der Waals surface area contributed by atoms with Crippen molar-refractivity contribution in [1.82, 2.24) is 10.6 Å². The minimum atomic E-state index is -2.12. The lowest BCUT2D eigenvalue weighted by Gasteiger charge is -2.51. The highest BCUT2D eigenvalue weighted by Gasteiger charge is 2.56. The first-order chi connectivity index (χ1) is 23.9. The number of amides is 2. The minimum Gasteiger partial charge on any atom is -0.479 e. The molecule has 0 saturated carbocycles. The third-order valence-corrected chi connectivity index (χ3v) is 9.01. The van der Waals surface area contributed by atoms with Gasteiger partial charge in [0.25, 0.3) is 0 Å². The molecule has 4 heterocycles. The first-order valence-electron chi connectivity index (χ1n) is 16.0. The Balaban J connectivity index is 1.76. The predicted octanol–water partition coefficient (Wildman–Crippen LogP) is -7.42. The van der Waals surface area contributed by atoms with Gasteiger partial charge in [0.1, 0.15) is 79.2 Å². The highest BCUT2D eigenvalue weighted by atomic mass is 16.8. The number of rotatable bonds is 11. The molecule has 0 bridgehead atoms. The molecule has 23 nitrogen and oxygen atoms in total. The summed E-state index contributed by atoms with van der Waals surface area (Å²) in [6.45, 7) is 4.24. The Morgan fingerprint density at radius 3 is 1.63 bits per heavy atom. The van der Waals surface area contributed by atoms with Gasteiger partial charge in [-0.15, -0.1) is 0 Å². The van der Waals surface area contributed by atoms with Crippen LogP contribution in [0.15, 0.2) is 0 Å². The molecule has 0 aliphatic carbocycles. The number of nitrogens with two attached hydrogens (primary N) is 1. The van der Waals surface area contributed by atoms with E-state index in [1.165, 1.54) is 13.8 Å². The number of carbonyl (C=O) groups is 3. The summed E-state index contributed by atoms with van der Waals surface area (Å²) in [4.78, 5) is 41.5. The van der Waals surface area contributed by atoms with E-state index in [1.807, 2.05) is 0 Å². The van der Waals surface area contributed by atoms with E-state index < -0.39 is 147 Å². The van der Waals surface area contributed by atoms with Crippen LogP contribution in [0.3, 0.4) is 0 Å². The molecule has 4 saturated heterocycles. The molecular weight excluding hydrogens is 698 g/mol. The molecule has 0 aromatic heterocycles. The van der Waals surface area contributed by atoms with E-state index >= 15 is 0 Å². The molecule has 13 N–H and O–H groups in total. The second-order valence-corrected chi connectivity index (χ2v) is 12.7. The van der Waals surface area contributed by atoms with E-state index in [1.54, 1.807) is 0 Å². The summed E-state index contributed by atoms with van der Waals surface area (Å²) >= 11 is 0. The highest BCUT2D eigenvalue weighted by molar-refractivity contribution is 5.74. The van der Waals surface area contributed by atoms with Gasteiger partial charge in [0, 0.05) is 13.8 Å². The Kier molecular flexibility index (Phi) is 14.0. The number of aliphatic hydroxyl groups excluding tert-OH is 8. The molecule has 0 radical (unpaired) electrons. The summed E-state index contributed by atoms with van der Waals surface area (Å²) in [5.41, 5.74) is 0. The maximum Gasteiger partial charge on any atom is 0.335 e. The summed E-state index contributed by atoms with van der Waals surface area (Å²) in [6, 6.07) is -2.87. The smallest absolute Gasteiger partial charge is 0.335 e. The second kappa shape index (κ2) is 17.3. The summed E-state index contributed by atoms with van der Waals surface area (Å²) in [7, 11) is 0. The molecule has 0 aromatic rings. The zero-order chi connectivity index (χ0) is 38.1. The molecule has 4 aliphatic rings. The first-order valence-corrected chi connectivity index (χ1v) is 16.0. The SMILES string of the molecule is CC(=O)NC1C(O[C@@H]2OC(C(=O)O)[C@@H](O)C(O)C2O)C(O[C@@H]2OC(CO)[C@@H](O)C(O)C2O)[C@H](C)O[C@H]1OC1C(NC(C)=O)[C@H](ON)OC(C)[C@@H]1O. The van der Waals surface area contributed by atoms with Crippen LogP contribution in [-0.4, -0.2) is 193 Å². The predicted molar refractivity (Wildman–Crippen MR) is 158 cm³/mol. The van der Waals surface area contributed by atoms with Crippen molar-refractivity contribution in [3.05, 3.63) is 0 Å². The zero-order valence-corrected chi connectivity index (χ0v) is 27.8. The van der Waals surface area contributed by atoms with Crippen LogP contribution in [0.1, 0.15) is 27.7 Å². The van der Waals surface area contributed by atoms with Crippen molar-refractivity contribution in [2.45, 2.75) is 150 Å². The molecular formula is C28H47N3O20. The number of carboxylic acid groups (broad SMARTS) is 1. The van der Waals surface area contributed by atoms with Crippen LogP contribution >= 0.6 is 0 Å². The minimum absolute atomic E-state index is 0.608. The van der Waals surface area contributed by atoms with Crippen molar-refractivity contribution in [1.29, 1.82) is 0 Å². The van der Waals surface area contributed by atoms with Gasteiger partial charge in [-0.25, -0.2) is 10.7 Å². The summed E-state index contributed by atoms with van der Waals surface area (Å²) in [5, 5.41) is 98.3. The molecule has 4 rings (SSSR count). The molecule has 23 heteroatoms. The third-order valence-electron chi connectivity index (χ3n) is 9.01. The second-order valence-electron chi connectivity index (χ2n) is 12.7. The molecule has 0 aromatic carbocycles. The molecule has 4 fully saturated rings. The van der Waals surface area contributed by atoms with Gasteiger partial charge in [0.2, 0.25) is 11.8 Å². The number of nitrogens with one attached hydrogen (secondary N) is 2. The maximum atomic E-state index is 12.6. The van der Waals surface area contributed by atoms with Gasteiger partial charge in [-0.05, 0) is 13.8 Å². The Hall–Kier alpha value is -2.27. The van der Waals surface area contributed by atoms with Crippen molar-refractivity contribution in [3.8, 4) is 0 Å². The van der Waals surface area contributed by atoms with E-state index in [2.05, 4.69) is 10.6 Å². The van der Waals surface area contributed by atoms with Crippen LogP contribution in [0.25, 0.3) is 0 Å². The lowest BCUT2D eigenvalue weighted by molar-refractivity contribution is -0.377. The lowest BCUT2D eigenvalue weighted by atomic mass is 9.93. The van der Waals surface area contributed by atoms with Crippen molar-refractivity contribution in [3.63, 3.8) is 0 Å². The Labute approximate surface area is 290 Å². The number of carboxylic acids is 1. The topological polar surface area (TPSA) is 357 Å². The summed E-state index contributed by atoms with van der Waals surface area (Å²) < 4.78 is 40.6. The van der Waals surface area contributed by atoms with Crippen LogP contribution < -0.4 is 16.5 Å². The number of aliphatic carboxylic acids is 1. The third kappa shape index (κ3) is 8.93. The Morgan fingerprint density at radius 1 is 0.608 bits per heavy atom. The Bertz CT molecular complexity index is 1200. The lowest BCUT2D eigenvalue weighted by Crippen LogP contribution is -2.71. The number of carbonyl (C=O) groups excluding carboxylic acids is 2. The van der Waals surface area contributed by atoms with Gasteiger partial charge in [-0.3, -0.25) is 14.4 Å². The molecule has 2 amide bonds. The van der Waals surface area contributed by atoms with Crippen molar-refractivity contribution in [2.75, 3.05) is 6.61 Å². The van der Waals surface area contributed by atoms with Gasteiger partial charge in [-0.2, -0.15) is 0 Å². The average Bonchev–Trinajstić information content (AvgIpc) is 3.06. The fourth-order valence-electron chi connectivity index (χ4n) is 6.34. The molecule has 0 spiro atoms. The van der Waals surface area contributed by atoms with Crippen molar-refractivity contribution in [2.24, 2.45) is 5.90 Å². The zero-order valence-electron chi connectivity index (χ0n) is 27.8. The fourth-order valence-corrected chi connectivity index (χ4v) is 6.34. The van der Waals surface area contributed by atoms with E-state index in [0.717, 1.165) is 13.8 Å². The van der Waals surface area contributed by atoms with Gasteiger partial charge in [-0.1, -0.05) is 0 Å². The largest absolute Gasteiger partial charge is 0.479 e. The monoisotopic (exact) mass is 745 g/mol. The van der Waals surface area contributed by atoms with E-state index in [0.29, 0.717) is 0 Å². The number of ether oxygens (including phenoxy) is 7. The van der Waals surface area contributed by atoms with E-state index in [4.69, 9.17) is 43.9 Å². The molecule has 51 heavy (non-hydrogen) atoms. The quantitative estimate of drug-likeness (QED) is 0.0874. The molecule has 294 valence electrons. The van der Waals surface area contributed by atoms with Crippen LogP contribution in [0.2, 0.25) is 0 Å². The highest BCUT2D eigenvalue weighted by Crippen LogP contribution is 2.35. The van der Waals surface area contributed by atoms with Gasteiger partial charge in [0.15, 0.2) is 31.3 Å². The van der Waals surface area contributed by atoms with E-state index in [9.17, 15) is 60.3 Å². The van der Waals surface area contributed by atoms with Gasteiger partial charge in [0.05, 0.1) is 18.8 Å². The number of hydrogen-bond donors (Lipinski definition) is 12. The van der Waals surface area contributed by atoms with Crippen LogP contribution in [0.5, 0.6) is 0 Å². The van der Waals surface area contributed by atoms with Crippen molar-refractivity contribution < 1.29 is 98.3 Å². The normalized spacial score (nSPS) is 47.7. The van der Waals surface area contributed by atoms with Gasteiger partial charge < -0.3 is 89.8 Å². The Morgan fingerprint density at radius 2 is 1.10 bits per heavy atom. The van der Waals surface area contributed by atoms with Crippen LogP contribution in [0.4, 0.5) is 0 Å². The fraction of sp³-hybridized carbons (Fsp3) is 0.893. The molecule has 4 aliphatic heterocycles. The van der Waals surface area contributed by atoms with E-state index in [-0.39, 0.29) is 0 Å². The summed E-state index contributed by atoms with van der Waals surface area (Å²) in [6.07, 6.45) is -30.9. The average molecular weight is 746 g/mol. The maximum absolute atomic E-state index is 12.6. The van der Waals surface area contributed by atoms with Gasteiger partial charge >= 0.3 is 5.97 Å². The first kappa shape index (κ1) is 41.5. The standard InChI is InChI=1S/C28H47N3O20/c1-6-13(35)21(11(30-8(3)33)26(44-6)51-29)48-25-12(31-9(4)34)22(49-28-19(41)16(38)17(39)23(50-28)24(42)43)20(7(2)45-25)47-27-18(40)15(37)14(36)10(5-32)46-27/h6-7,10-23,25-28,32,35-41H,5,29H2,1-4H3,(H,30,33)(H,31,34)(H,42,43)/t6?,7-,10?,11?,12?,13-,14+,15?,16?,17-,18?,19?,20?,21?,22?,23?,25-,26-,27-,28+/m0/s1. The number of hydrogen-bond acceptors (Lipinski definition) is 20. The number of aliphatic hydroxyl groups is 8. The van der Waals surface area contributed by atoms with Crippen molar-refractivity contribution >= 4 is 17.8 Å².